The van der Waals surface area contributed by atoms with Gasteiger partial charge >= 0.3 is 5.69 Å². The molecule has 0 amide bonds. The molecule has 0 saturated carbocycles. The summed E-state index contributed by atoms with van der Waals surface area (Å²) >= 11 is 1.64. The number of nitro benzene ring substituents is 1. The highest BCUT2D eigenvalue weighted by Crippen LogP contribution is 2.32. The predicted octanol–water partition coefficient (Wildman–Crippen LogP) is 3.80. The fourth-order valence-corrected chi connectivity index (χ4v) is 2.81. The van der Waals surface area contributed by atoms with Gasteiger partial charge in [0.25, 0.3) is 0 Å². The van der Waals surface area contributed by atoms with Gasteiger partial charge in [-0.15, -0.1) is 11.8 Å². The number of non-ortho nitro benzene ring substituents is 1. The second-order valence-corrected chi connectivity index (χ2v) is 5.35. The number of hydrogen-bond donors (Lipinski definition) is 0. The first-order chi connectivity index (χ1) is 9.24. The fraction of sp³-hybridized carbons (Fsp3) is 0.500. The average Bonchev–Trinajstić information content (AvgIpc) is 2.87. The van der Waals surface area contributed by atoms with Gasteiger partial charge in [-0.25, -0.2) is 4.63 Å². The highest BCUT2D eigenvalue weighted by Gasteiger charge is 2.19. The van der Waals surface area contributed by atoms with Gasteiger partial charge in [-0.1, -0.05) is 26.2 Å². The van der Waals surface area contributed by atoms with Gasteiger partial charge in [-0.05, 0) is 28.6 Å². The summed E-state index contributed by atoms with van der Waals surface area (Å²) in [7, 11) is 0. The van der Waals surface area contributed by atoms with Gasteiger partial charge in [-0.3, -0.25) is 10.1 Å². The van der Waals surface area contributed by atoms with Crippen LogP contribution >= 0.6 is 11.8 Å². The van der Waals surface area contributed by atoms with Gasteiger partial charge in [0, 0.05) is 11.0 Å². The number of nitro groups is 1. The first kappa shape index (κ1) is 13.8. The monoisotopic (exact) mass is 281 g/mol. The molecule has 0 aliphatic rings. The van der Waals surface area contributed by atoms with Gasteiger partial charge in [0.15, 0.2) is 5.52 Å². The van der Waals surface area contributed by atoms with Crippen LogP contribution in [0.1, 0.15) is 32.6 Å². The van der Waals surface area contributed by atoms with E-state index >= 15 is 0 Å². The Morgan fingerprint density at radius 1 is 1.26 bits per heavy atom. The Morgan fingerprint density at radius 3 is 2.79 bits per heavy atom. The Hall–Kier alpha value is -1.63. The van der Waals surface area contributed by atoms with Crippen LogP contribution in [0.25, 0.3) is 11.0 Å². The predicted molar refractivity (Wildman–Crippen MR) is 73.3 cm³/mol. The summed E-state index contributed by atoms with van der Waals surface area (Å²) in [5.74, 6) is 0.972. The second kappa shape index (κ2) is 6.51. The number of thioether (sulfide) groups is 1. The first-order valence-corrected chi connectivity index (χ1v) is 7.25. The van der Waals surface area contributed by atoms with Gasteiger partial charge in [0.1, 0.15) is 0 Å². The second-order valence-electron chi connectivity index (χ2n) is 4.21. The Labute approximate surface area is 114 Å². The van der Waals surface area contributed by atoms with E-state index in [1.807, 2.05) is 0 Å². The zero-order valence-corrected chi connectivity index (χ0v) is 11.5. The first-order valence-electron chi connectivity index (χ1n) is 6.26. The van der Waals surface area contributed by atoms with E-state index in [4.69, 9.17) is 0 Å². The number of rotatable bonds is 7. The number of fused-ring (bicyclic) bond motifs is 1. The van der Waals surface area contributed by atoms with Crippen molar-refractivity contribution in [2.45, 2.75) is 37.5 Å². The van der Waals surface area contributed by atoms with Gasteiger partial charge < -0.3 is 0 Å². The van der Waals surface area contributed by atoms with E-state index < -0.39 is 4.92 Å². The summed E-state index contributed by atoms with van der Waals surface area (Å²) in [4.78, 5) is 11.3. The fourth-order valence-electron chi connectivity index (χ4n) is 1.81. The van der Waals surface area contributed by atoms with Crippen molar-refractivity contribution in [2.75, 3.05) is 5.75 Å². The van der Waals surface area contributed by atoms with Gasteiger partial charge in [-0.2, -0.15) is 0 Å². The third-order valence-corrected chi connectivity index (χ3v) is 3.94. The topological polar surface area (TPSA) is 82.1 Å². The van der Waals surface area contributed by atoms with Crippen molar-refractivity contribution in [3.05, 3.63) is 22.2 Å². The Morgan fingerprint density at radius 2 is 2.05 bits per heavy atom. The van der Waals surface area contributed by atoms with E-state index in [1.54, 1.807) is 17.8 Å². The lowest BCUT2D eigenvalue weighted by molar-refractivity contribution is -0.383. The Bertz CT molecular complexity index is 570. The molecular weight excluding hydrogens is 266 g/mol. The largest absolute Gasteiger partial charge is 0.300 e. The van der Waals surface area contributed by atoms with E-state index in [0.717, 1.165) is 17.1 Å². The van der Waals surface area contributed by atoms with Crippen molar-refractivity contribution in [1.82, 2.24) is 10.3 Å². The van der Waals surface area contributed by atoms with E-state index in [0.29, 0.717) is 5.52 Å². The molecule has 19 heavy (non-hydrogen) atoms. The maximum Gasteiger partial charge on any atom is 0.300 e. The lowest BCUT2D eigenvalue weighted by Crippen LogP contribution is -1.90. The number of nitrogens with zero attached hydrogens (tertiary/aromatic N) is 3. The van der Waals surface area contributed by atoms with Crippen LogP contribution in [0.2, 0.25) is 0 Å². The molecule has 1 aromatic heterocycles. The maximum atomic E-state index is 10.8. The minimum atomic E-state index is -0.470. The van der Waals surface area contributed by atoms with Crippen molar-refractivity contribution >= 4 is 28.5 Å². The molecule has 0 aliphatic carbocycles. The number of benzene rings is 1. The van der Waals surface area contributed by atoms with Gasteiger partial charge in [0.2, 0.25) is 5.52 Å². The number of unbranched alkanes of at least 4 members (excludes halogenated alkanes) is 3. The number of aromatic nitrogens is 2. The van der Waals surface area contributed by atoms with Crippen molar-refractivity contribution in [3.63, 3.8) is 0 Å². The summed E-state index contributed by atoms with van der Waals surface area (Å²) in [6.45, 7) is 2.17. The summed E-state index contributed by atoms with van der Waals surface area (Å²) in [5.41, 5.74) is 0.643. The molecule has 0 bridgehead atoms. The van der Waals surface area contributed by atoms with Crippen LogP contribution in [-0.2, 0) is 0 Å². The molecule has 0 unspecified atom stereocenters. The van der Waals surface area contributed by atoms with Crippen molar-refractivity contribution in [1.29, 1.82) is 0 Å². The molecular formula is C12H15N3O3S. The lowest BCUT2D eigenvalue weighted by Gasteiger charge is -2.01. The van der Waals surface area contributed by atoms with E-state index in [2.05, 4.69) is 21.9 Å². The summed E-state index contributed by atoms with van der Waals surface area (Å²) in [6.07, 6.45) is 4.78. The summed E-state index contributed by atoms with van der Waals surface area (Å²) in [5, 5.41) is 18.2. The Balaban J connectivity index is 2.10. The SMILES string of the molecule is CCCCCCSc1ccc([N+](=O)[O-])c2nonc12. The molecule has 0 fully saturated rings. The summed E-state index contributed by atoms with van der Waals surface area (Å²) < 4.78 is 4.62. The van der Waals surface area contributed by atoms with Crippen LogP contribution in [0, 0.1) is 10.1 Å². The normalized spacial score (nSPS) is 11.0. The quantitative estimate of drug-likeness (QED) is 0.332. The highest BCUT2D eigenvalue weighted by molar-refractivity contribution is 7.99. The minimum absolute atomic E-state index is 0.0633. The zero-order chi connectivity index (χ0) is 13.7. The van der Waals surface area contributed by atoms with Crippen molar-refractivity contribution < 1.29 is 9.55 Å². The average molecular weight is 281 g/mol. The van der Waals surface area contributed by atoms with Crippen LogP contribution in [0.5, 0.6) is 0 Å². The molecule has 2 rings (SSSR count). The maximum absolute atomic E-state index is 10.8. The standard InChI is InChI=1S/C12H15N3O3S/c1-2-3-4-5-8-19-10-7-6-9(15(16)17)11-12(10)14-18-13-11/h6-7H,2-5,8H2,1H3. The molecule has 1 heterocycles. The van der Waals surface area contributed by atoms with Crippen molar-refractivity contribution in [2.24, 2.45) is 0 Å². The van der Waals surface area contributed by atoms with Gasteiger partial charge in [0.05, 0.1) is 4.92 Å². The van der Waals surface area contributed by atoms with E-state index in [9.17, 15) is 10.1 Å². The highest BCUT2D eigenvalue weighted by atomic mass is 32.2. The smallest absolute Gasteiger partial charge is 0.258 e. The molecule has 6 nitrogen and oxygen atoms in total. The number of hydrogen-bond acceptors (Lipinski definition) is 6. The molecule has 0 radical (unpaired) electrons. The molecule has 0 saturated heterocycles. The molecule has 0 atom stereocenters. The van der Waals surface area contributed by atoms with Crippen molar-refractivity contribution in [3.8, 4) is 0 Å². The van der Waals surface area contributed by atoms with Crippen LogP contribution in [0.15, 0.2) is 21.7 Å². The third-order valence-electron chi connectivity index (χ3n) is 2.81. The molecule has 0 spiro atoms. The van der Waals surface area contributed by atoms with Crippen LogP contribution in [0.4, 0.5) is 5.69 Å². The van der Waals surface area contributed by atoms with Crippen LogP contribution in [-0.4, -0.2) is 21.0 Å². The zero-order valence-electron chi connectivity index (χ0n) is 10.7. The van der Waals surface area contributed by atoms with E-state index in [-0.39, 0.29) is 11.2 Å². The summed E-state index contributed by atoms with van der Waals surface area (Å²) in [6, 6.07) is 3.18. The van der Waals surface area contributed by atoms with E-state index in [1.165, 1.54) is 25.3 Å². The lowest BCUT2D eigenvalue weighted by atomic mass is 10.2. The molecule has 102 valence electrons. The third kappa shape index (κ3) is 3.23. The molecule has 0 aliphatic heterocycles. The molecule has 1 aromatic carbocycles. The minimum Gasteiger partial charge on any atom is -0.258 e. The molecule has 0 N–H and O–H groups in total. The van der Waals surface area contributed by atoms with Crippen LogP contribution in [0.3, 0.4) is 0 Å². The van der Waals surface area contributed by atoms with Crippen LogP contribution < -0.4 is 0 Å². The molecule has 7 heteroatoms. The Kier molecular flexibility index (Phi) is 4.73. The molecule has 2 aromatic rings.